The van der Waals surface area contributed by atoms with Gasteiger partial charge >= 0.3 is 34.1 Å². The van der Waals surface area contributed by atoms with Crippen LogP contribution in [0.1, 0.15) is 82.8 Å². The highest BCUT2D eigenvalue weighted by atomic mass is 127. The van der Waals surface area contributed by atoms with Crippen LogP contribution in [0.4, 0.5) is 0 Å². The van der Waals surface area contributed by atoms with E-state index in [1.165, 1.54) is 101 Å². The molecule has 0 amide bonds. The summed E-state index contributed by atoms with van der Waals surface area (Å²) >= 11 is 13.8. The van der Waals surface area contributed by atoms with Crippen molar-refractivity contribution in [3.05, 3.63) is 199 Å². The van der Waals surface area contributed by atoms with Crippen LogP contribution in [0.3, 0.4) is 0 Å². The van der Waals surface area contributed by atoms with Gasteiger partial charge in [0.2, 0.25) is 0 Å². The second kappa shape index (κ2) is 44.8. The number of aliphatic hydroxyl groups excluding tert-OH is 6. The third kappa shape index (κ3) is 30.3. The summed E-state index contributed by atoms with van der Waals surface area (Å²) in [5, 5.41) is 61.1. The number of ether oxygens (including phenoxy) is 7. The fourth-order valence-corrected chi connectivity index (χ4v) is 23.4. The van der Waals surface area contributed by atoms with E-state index in [0.29, 0.717) is 25.9 Å². The third-order valence-corrected chi connectivity index (χ3v) is 34.8. The lowest BCUT2D eigenvalue weighted by molar-refractivity contribution is -0.175. The number of nitrogens with one attached hydrogen (secondary N) is 6. The van der Waals surface area contributed by atoms with Gasteiger partial charge in [-0.05, 0) is 155 Å². The number of H-pyrrole nitrogens is 6. The summed E-state index contributed by atoms with van der Waals surface area (Å²) in [5.41, 5.74) is -6.81. The van der Waals surface area contributed by atoms with E-state index in [1.807, 2.05) is 6.92 Å². The lowest BCUT2D eigenvalue weighted by Gasteiger charge is -2.32. The van der Waals surface area contributed by atoms with Gasteiger partial charge in [-0.1, -0.05) is 68.0 Å². The van der Waals surface area contributed by atoms with Crippen molar-refractivity contribution in [2.45, 2.75) is 180 Å². The number of aromatic nitrogens is 12. The molecule has 127 heavy (non-hydrogen) atoms. The Morgan fingerprint density at radius 3 is 0.953 bits per heavy atom. The second-order valence-electron chi connectivity index (χ2n) is 37.0. The first-order valence-corrected chi connectivity index (χ1v) is 63.0. The maximum Gasteiger partial charge on any atom is 0.330 e. The number of alkyl halides is 4. The Hall–Kier alpha value is -4.41. The predicted molar refractivity (Wildman–Crippen MR) is 535 cm³/mol. The number of hydrogen-bond donors (Lipinski definition) is 12. The molecule has 7 saturated heterocycles. The van der Waals surface area contributed by atoms with Gasteiger partial charge in [0, 0.05) is 79.5 Å². The lowest BCUT2D eigenvalue weighted by atomic mass is 9.96. The molecule has 0 aliphatic carbocycles. The highest BCUT2D eigenvalue weighted by Gasteiger charge is 2.62. The summed E-state index contributed by atoms with van der Waals surface area (Å²) in [6.07, 6.45) is 32.4. The molecule has 6 aromatic heterocycles. The number of aliphatic hydroxyl groups is 6. The highest BCUT2D eigenvalue weighted by Crippen LogP contribution is 2.51. The van der Waals surface area contributed by atoms with E-state index in [2.05, 4.69) is 209 Å². The zero-order valence-corrected chi connectivity index (χ0v) is 85.5. The van der Waals surface area contributed by atoms with Crippen LogP contribution in [0.2, 0.25) is 0 Å². The van der Waals surface area contributed by atoms with Gasteiger partial charge in [0.05, 0.1) is 74.2 Å². The summed E-state index contributed by atoms with van der Waals surface area (Å²) in [4.78, 5) is 150. The first-order valence-electron chi connectivity index (χ1n) is 40.8. The normalized spacial score (nSPS) is 30.5. The number of halogens is 4. The van der Waals surface area contributed by atoms with E-state index >= 15 is 0 Å². The molecule has 13 rings (SSSR count). The lowest BCUT2D eigenvalue weighted by Crippen LogP contribution is -2.42. The van der Waals surface area contributed by atoms with Crippen molar-refractivity contribution in [2.24, 2.45) is 5.92 Å². The molecule has 47 heteroatoms. The number of hydrogen-bond acceptors (Lipinski definition) is 25. The Bertz CT molecular complexity index is 5210. The van der Waals surface area contributed by atoms with Crippen LogP contribution in [-0.2, 0) is 33.2 Å². The molecule has 0 aromatic carbocycles. The monoisotopic (exact) mass is 2210 g/mol. The number of aromatic amines is 6. The summed E-state index contributed by atoms with van der Waals surface area (Å²) in [5.74, 6) is -0.218. The van der Waals surface area contributed by atoms with E-state index in [4.69, 9.17) is 44.8 Å². The molecular formula is C80H124BrClI2N12O25P6. The fraction of sp³-hybridized carbons (Fsp3) is 0.625. The van der Waals surface area contributed by atoms with Crippen molar-refractivity contribution in [1.82, 2.24) is 57.3 Å². The number of rotatable bonds is 24. The molecule has 7 aliphatic heterocycles. The van der Waals surface area contributed by atoms with E-state index in [1.54, 1.807) is 0 Å². The quantitative estimate of drug-likeness (QED) is 0.0235. The highest BCUT2D eigenvalue weighted by molar-refractivity contribution is 14.1. The summed E-state index contributed by atoms with van der Waals surface area (Å²) < 4.78 is 48.1. The first-order chi connectivity index (χ1) is 58.7. The van der Waals surface area contributed by atoms with E-state index in [9.17, 15) is 88.2 Å². The van der Waals surface area contributed by atoms with Crippen molar-refractivity contribution in [2.75, 3.05) is 124 Å². The van der Waals surface area contributed by atoms with Gasteiger partial charge in [-0.2, -0.15) is 0 Å². The smallest absolute Gasteiger partial charge is 0.330 e. The van der Waals surface area contributed by atoms with Crippen LogP contribution in [0.5, 0.6) is 0 Å². The predicted octanol–water partition coefficient (Wildman–Crippen LogP) is 2.75. The average Bonchev–Trinajstić information content (AvgIpc) is 1.57. The Balaban J connectivity index is 0.000000189. The standard InChI is InChI=1S/C14H21N2O5P.C14H23N2O4P.C13H20BrN2O4P.C13H20ClN2O4P.2C13H20IN2O4P/c1-22(2,3)7-5-14-8-20-10(11(14)18)12(21-14)16-6-4-9(17)15-13(16)19;1-9-12(18)10(6-8-21(2,3)4)20-13(9)16-7-5-11(17)15-14(16)19;4*1-21(2,3)7-5-8-11(18)10(14)12(20-8)16-6-4-9(17)15-13(16)19/h4,6,10-12,18H,1,5,7-8H2,2-3H3,(H,15,17,19);5,7,9-10,12-13,18H,2,6,8H2,1,3-4H3,(H,15,17,19);4*4,6,8,10-12,18H,1,5,7H2,2-3H3,(H,15,17,19)/t10-,11+,12-,14+;9-,10-,12+,13-;4*8-,10-,11-,12-/m111111/s1. The minimum absolute atomic E-state index is 0.218. The zero-order chi connectivity index (χ0) is 95.0. The van der Waals surface area contributed by atoms with Crippen LogP contribution in [0, 0.1) is 5.92 Å². The molecule has 12 N–H and O–H groups in total. The third-order valence-electron chi connectivity index (χ3n) is 21.9. The van der Waals surface area contributed by atoms with E-state index in [0.717, 1.165) is 56.2 Å². The van der Waals surface area contributed by atoms with Crippen molar-refractivity contribution in [3.8, 4) is 0 Å². The second-order valence-corrected chi connectivity index (χ2v) is 67.3. The SMILES string of the molecule is C=P(C)(C)CC[C@@]12CO[C@@H]([C@H](n3ccc(=O)[nH]c3=O)O1)[C@@H]2O.C=P(C)(C)CC[C@H]1O[C@@H](n2ccc(=O)[nH]c2=O)[C@H](Br)[C@@H]1O.C=P(C)(C)CC[C@H]1O[C@@H](n2ccc(=O)[nH]c2=O)[C@H](C)[C@@H]1O.C=P(C)(C)CC[C@H]1O[C@@H](n2ccc(=O)[nH]c2=O)[C@H](Cl)[C@@H]1O.C=P(C)(C)CC[C@H]1O[C@@H](n2ccc(=O)[nH]c2=O)[C@H](I)[C@@H]1O.C=P(C)(C)CC[C@H]1O[C@@H](n2ccc(=O)[nH]c2=O)[C@H](I)[C@@H]1O. The molecule has 712 valence electrons. The van der Waals surface area contributed by atoms with Gasteiger partial charge in [-0.15, -0.1) is 90.7 Å². The summed E-state index contributed by atoms with van der Waals surface area (Å²) in [6, 6.07) is 7.56. The molecule has 7 aliphatic rings. The minimum atomic E-state index is -1.25. The molecule has 13 heterocycles. The fourth-order valence-electron chi connectivity index (χ4n) is 14.6. The maximum absolute atomic E-state index is 11.9. The largest absolute Gasteiger partial charge is 0.390 e. The summed E-state index contributed by atoms with van der Waals surface area (Å²) in [7, 11) is 0. The Morgan fingerprint density at radius 2 is 0.638 bits per heavy atom. The van der Waals surface area contributed by atoms with E-state index < -0.39 is 211 Å². The van der Waals surface area contributed by atoms with Crippen LogP contribution < -0.4 is 67.5 Å². The zero-order valence-electron chi connectivity index (χ0n) is 73.5. The van der Waals surface area contributed by atoms with Crippen LogP contribution >= 0.6 is 114 Å². The molecule has 0 radical (unpaired) electrons. The Morgan fingerprint density at radius 1 is 0.386 bits per heavy atom. The maximum atomic E-state index is 11.9. The van der Waals surface area contributed by atoms with Gasteiger partial charge in [-0.3, -0.25) is 86.1 Å². The summed E-state index contributed by atoms with van der Waals surface area (Å²) in [6.45, 7) is 20.5. The van der Waals surface area contributed by atoms with Gasteiger partial charge < -0.3 is 63.8 Å². The number of nitrogens with zero attached hydrogens (tertiary/aromatic N) is 6. The molecule has 0 saturated carbocycles. The van der Waals surface area contributed by atoms with Crippen LogP contribution in [-0.4, -0.2) is 346 Å². The van der Waals surface area contributed by atoms with Crippen molar-refractivity contribution >= 4 is 152 Å². The van der Waals surface area contributed by atoms with Crippen LogP contribution in [0.25, 0.3) is 0 Å². The van der Waals surface area contributed by atoms with E-state index in [-0.39, 0.29) is 38.2 Å². The van der Waals surface area contributed by atoms with Crippen molar-refractivity contribution < 1.29 is 63.8 Å². The minimum Gasteiger partial charge on any atom is -0.390 e. The number of fused-ring (bicyclic) bond motifs is 2. The van der Waals surface area contributed by atoms with Crippen LogP contribution in [0.15, 0.2) is 131 Å². The van der Waals surface area contributed by atoms with Gasteiger partial charge in [0.25, 0.3) is 33.4 Å². The van der Waals surface area contributed by atoms with Gasteiger partial charge in [0.15, 0.2) is 31.1 Å². The topological polar surface area (TPSA) is 515 Å². The molecule has 0 spiro atoms. The Labute approximate surface area is 774 Å². The molecular weight excluding hydrogens is 2080 g/mol. The molecule has 0 unspecified atom stereocenters. The molecule has 37 nitrogen and oxygen atoms in total. The molecule has 24 atom stereocenters. The Kier molecular flexibility index (Phi) is 38.1. The molecule has 7 fully saturated rings. The van der Waals surface area contributed by atoms with Gasteiger partial charge in [0.1, 0.15) is 35.5 Å². The average molecular weight is 2210 g/mol. The first kappa shape index (κ1) is 108. The van der Waals surface area contributed by atoms with Crippen molar-refractivity contribution in [1.29, 1.82) is 0 Å². The van der Waals surface area contributed by atoms with Crippen molar-refractivity contribution in [3.63, 3.8) is 0 Å². The molecule has 2 bridgehead atoms. The van der Waals surface area contributed by atoms with Gasteiger partial charge in [-0.25, -0.2) is 28.8 Å². The molecule has 6 aromatic rings.